The Kier molecular flexibility index (Phi) is 5.37. The molecule has 3 aliphatic heterocycles. The maximum atomic E-state index is 12.1. The van der Waals surface area contributed by atoms with Crippen molar-refractivity contribution in [2.24, 2.45) is 5.92 Å². The van der Waals surface area contributed by atoms with Crippen LogP contribution in [0.15, 0.2) is 0 Å². The highest BCUT2D eigenvalue weighted by molar-refractivity contribution is 5.71. The summed E-state index contributed by atoms with van der Waals surface area (Å²) in [6.07, 6.45) is 6.51. The lowest BCUT2D eigenvalue weighted by atomic mass is 9.82. The van der Waals surface area contributed by atoms with E-state index in [4.69, 9.17) is 9.47 Å². The van der Waals surface area contributed by atoms with Crippen LogP contribution in [0, 0.1) is 5.92 Å². The Labute approximate surface area is 134 Å². The fourth-order valence-electron chi connectivity index (χ4n) is 4.62. The first-order valence-electron chi connectivity index (χ1n) is 8.97. The first-order chi connectivity index (χ1) is 10.7. The molecule has 3 rings (SSSR count). The second-order valence-electron chi connectivity index (χ2n) is 7.46. The lowest BCUT2D eigenvalue weighted by Crippen LogP contribution is -2.61. The van der Waals surface area contributed by atoms with Gasteiger partial charge in [-0.3, -0.25) is 9.69 Å². The van der Waals surface area contributed by atoms with Gasteiger partial charge in [0, 0.05) is 25.4 Å². The van der Waals surface area contributed by atoms with Gasteiger partial charge in [0.25, 0.3) is 0 Å². The molecule has 0 aromatic heterocycles. The molecule has 3 fully saturated rings. The van der Waals surface area contributed by atoms with Crippen LogP contribution in [0.5, 0.6) is 0 Å². The van der Waals surface area contributed by atoms with Gasteiger partial charge in [-0.2, -0.15) is 0 Å². The van der Waals surface area contributed by atoms with E-state index in [0.717, 1.165) is 26.3 Å². The van der Waals surface area contributed by atoms with Crippen molar-refractivity contribution >= 4 is 5.97 Å². The van der Waals surface area contributed by atoms with E-state index in [1.807, 2.05) is 0 Å². The molecule has 0 bridgehead atoms. The van der Waals surface area contributed by atoms with Gasteiger partial charge in [-0.15, -0.1) is 0 Å². The molecule has 3 atom stereocenters. The number of nitrogens with zero attached hydrogens (tertiary/aromatic N) is 2. The smallest absolute Gasteiger partial charge is 0.320 e. The van der Waals surface area contributed by atoms with E-state index in [-0.39, 0.29) is 5.97 Å². The third-order valence-electron chi connectivity index (χ3n) is 5.92. The summed E-state index contributed by atoms with van der Waals surface area (Å²) in [5.74, 6) is 0.505. The van der Waals surface area contributed by atoms with E-state index in [2.05, 4.69) is 11.9 Å². The molecule has 5 nitrogen and oxygen atoms in total. The van der Waals surface area contributed by atoms with Crippen LogP contribution in [-0.4, -0.2) is 81.0 Å². The van der Waals surface area contributed by atoms with Crippen LogP contribution in [0.1, 0.15) is 32.1 Å². The summed E-state index contributed by atoms with van der Waals surface area (Å²) in [7, 11) is 2.41. The number of ether oxygens (including phenoxy) is 2. The zero-order chi connectivity index (χ0) is 15.4. The van der Waals surface area contributed by atoms with Crippen molar-refractivity contribution in [3.8, 4) is 0 Å². The molecule has 0 unspecified atom stereocenters. The van der Waals surface area contributed by atoms with Crippen LogP contribution in [0.3, 0.4) is 0 Å². The quantitative estimate of drug-likeness (QED) is 0.579. The first kappa shape index (κ1) is 16.2. The standard InChI is InChI=1S/C17H31N2O3/c1-19-9-3-2-6-16(19)15(5-4-10-19)14-22-17(20)13-18-7-11-21-12-8-18/h15-16H,2-14H2,1H3/q+1/t15-,16+,19-/m1/s1. The molecule has 3 aliphatic rings. The van der Waals surface area contributed by atoms with Gasteiger partial charge in [0.05, 0.1) is 52.5 Å². The van der Waals surface area contributed by atoms with Crippen molar-refractivity contribution in [1.29, 1.82) is 0 Å². The van der Waals surface area contributed by atoms with E-state index in [1.54, 1.807) is 0 Å². The van der Waals surface area contributed by atoms with Crippen molar-refractivity contribution in [3.05, 3.63) is 0 Å². The van der Waals surface area contributed by atoms with Gasteiger partial charge in [0.15, 0.2) is 0 Å². The van der Waals surface area contributed by atoms with Gasteiger partial charge in [0.2, 0.25) is 0 Å². The summed E-state index contributed by atoms with van der Waals surface area (Å²) in [6.45, 7) is 6.81. The number of hydrogen-bond acceptors (Lipinski definition) is 4. The molecular weight excluding hydrogens is 280 g/mol. The molecule has 0 aromatic carbocycles. The lowest BCUT2D eigenvalue weighted by molar-refractivity contribution is -0.947. The molecule has 0 aliphatic carbocycles. The fourth-order valence-corrected chi connectivity index (χ4v) is 4.62. The molecule has 0 N–H and O–H groups in total. The van der Waals surface area contributed by atoms with Gasteiger partial charge in [0.1, 0.15) is 0 Å². The van der Waals surface area contributed by atoms with E-state index in [0.29, 0.717) is 25.1 Å². The summed E-state index contributed by atoms with van der Waals surface area (Å²) in [5, 5.41) is 0. The van der Waals surface area contributed by atoms with Crippen LogP contribution in [0.4, 0.5) is 0 Å². The molecule has 0 radical (unpaired) electrons. The monoisotopic (exact) mass is 311 g/mol. The lowest BCUT2D eigenvalue weighted by Gasteiger charge is -2.51. The van der Waals surface area contributed by atoms with Gasteiger partial charge in [-0.25, -0.2) is 0 Å². The van der Waals surface area contributed by atoms with Crippen LogP contribution in [0.2, 0.25) is 0 Å². The second-order valence-corrected chi connectivity index (χ2v) is 7.46. The predicted molar refractivity (Wildman–Crippen MR) is 84.5 cm³/mol. The van der Waals surface area contributed by atoms with E-state index in [9.17, 15) is 4.79 Å². The number of piperidine rings is 2. The van der Waals surface area contributed by atoms with Gasteiger partial charge in [-0.05, 0) is 25.7 Å². The maximum absolute atomic E-state index is 12.1. The number of quaternary nitrogens is 1. The number of morpholine rings is 1. The summed E-state index contributed by atoms with van der Waals surface area (Å²) in [4.78, 5) is 14.2. The minimum Gasteiger partial charge on any atom is -0.464 e. The Morgan fingerprint density at radius 3 is 2.77 bits per heavy atom. The highest BCUT2D eigenvalue weighted by Gasteiger charge is 2.43. The van der Waals surface area contributed by atoms with E-state index in [1.165, 1.54) is 49.7 Å². The summed E-state index contributed by atoms with van der Waals surface area (Å²) >= 11 is 0. The van der Waals surface area contributed by atoms with Crippen molar-refractivity contribution in [2.75, 3.05) is 59.6 Å². The first-order valence-corrected chi connectivity index (χ1v) is 8.97. The van der Waals surface area contributed by atoms with Crippen molar-refractivity contribution < 1.29 is 18.8 Å². The van der Waals surface area contributed by atoms with Crippen LogP contribution in [-0.2, 0) is 14.3 Å². The number of rotatable bonds is 4. The minimum atomic E-state index is -0.0579. The number of fused-ring (bicyclic) bond motifs is 1. The fraction of sp³-hybridized carbons (Fsp3) is 0.941. The molecule has 3 heterocycles. The van der Waals surface area contributed by atoms with Crippen LogP contribution < -0.4 is 0 Å². The van der Waals surface area contributed by atoms with Gasteiger partial charge < -0.3 is 14.0 Å². The number of esters is 1. The Morgan fingerprint density at radius 1 is 1.18 bits per heavy atom. The largest absolute Gasteiger partial charge is 0.464 e. The number of hydrogen-bond donors (Lipinski definition) is 0. The van der Waals surface area contributed by atoms with Crippen LogP contribution in [0.25, 0.3) is 0 Å². The molecule has 22 heavy (non-hydrogen) atoms. The third-order valence-corrected chi connectivity index (χ3v) is 5.92. The Balaban J connectivity index is 1.46. The highest BCUT2D eigenvalue weighted by Crippen LogP contribution is 2.36. The average Bonchev–Trinajstić information content (AvgIpc) is 2.53. The van der Waals surface area contributed by atoms with E-state index >= 15 is 0 Å². The molecule has 0 aromatic rings. The topological polar surface area (TPSA) is 38.8 Å². The Bertz CT molecular complexity index is 380. The van der Waals surface area contributed by atoms with Crippen molar-refractivity contribution in [1.82, 2.24) is 4.90 Å². The number of carbonyl (C=O) groups excluding carboxylic acids is 1. The van der Waals surface area contributed by atoms with Crippen molar-refractivity contribution in [3.63, 3.8) is 0 Å². The van der Waals surface area contributed by atoms with Crippen molar-refractivity contribution in [2.45, 2.75) is 38.1 Å². The SMILES string of the molecule is C[N@+]12CCCC[C@H]1[C@@H](COC(=O)CN1CCOCC1)CCC2. The maximum Gasteiger partial charge on any atom is 0.320 e. The third kappa shape index (κ3) is 3.81. The van der Waals surface area contributed by atoms with Crippen LogP contribution >= 0.6 is 0 Å². The number of carbonyl (C=O) groups is 1. The molecule has 5 heteroatoms. The molecule has 0 saturated carbocycles. The summed E-state index contributed by atoms with van der Waals surface area (Å²) < 4.78 is 12.2. The van der Waals surface area contributed by atoms with Gasteiger partial charge in [-0.1, -0.05) is 0 Å². The molecule has 126 valence electrons. The minimum absolute atomic E-state index is 0.0579. The average molecular weight is 311 g/mol. The second kappa shape index (κ2) is 7.28. The zero-order valence-corrected chi connectivity index (χ0v) is 14.0. The molecular formula is C17H31N2O3+. The van der Waals surface area contributed by atoms with E-state index < -0.39 is 0 Å². The molecule has 0 spiro atoms. The zero-order valence-electron chi connectivity index (χ0n) is 14.0. The predicted octanol–water partition coefficient (Wildman–Crippen LogP) is 1.27. The Morgan fingerprint density at radius 2 is 1.95 bits per heavy atom. The highest BCUT2D eigenvalue weighted by atomic mass is 16.5. The summed E-state index contributed by atoms with van der Waals surface area (Å²) in [5.41, 5.74) is 0. The van der Waals surface area contributed by atoms with Gasteiger partial charge >= 0.3 is 5.97 Å². The summed E-state index contributed by atoms with van der Waals surface area (Å²) in [6, 6.07) is 0.707. The molecule has 3 saturated heterocycles. The Hall–Kier alpha value is -0.650. The molecule has 0 amide bonds. The normalized spacial score (nSPS) is 36.6.